The Balaban J connectivity index is 1.07. The second kappa shape index (κ2) is 12.4. The van der Waals surface area contributed by atoms with Crippen LogP contribution >= 0.6 is 0 Å². The molecule has 240 valence electrons. The standard InChI is InChI=1S/C39H47N5O2/c1-26-12-18-31(19-13-26)44-35(25-34(42-44)38(2,3)4)41-37(46)40-30-16-14-27(15-17-30)22-28-23-32-20-21-33(24-28)43(32)36(45)39(5,6)29-10-8-7-9-11-29/h7-19,25,28,32-33H,20-24H2,1-6H3,(H2,40,41,46). The van der Waals surface area contributed by atoms with Crippen LogP contribution in [-0.4, -0.2) is 38.7 Å². The fourth-order valence-electron chi connectivity index (χ4n) is 7.14. The van der Waals surface area contributed by atoms with Gasteiger partial charge in [-0.05, 0) is 94.2 Å². The molecule has 2 aliphatic heterocycles. The highest BCUT2D eigenvalue weighted by Gasteiger charge is 2.47. The second-order valence-corrected chi connectivity index (χ2v) is 14.8. The Kier molecular flexibility index (Phi) is 8.53. The number of piperidine rings is 1. The summed E-state index contributed by atoms with van der Waals surface area (Å²) in [5.41, 5.74) is 5.34. The molecule has 0 saturated carbocycles. The van der Waals surface area contributed by atoms with E-state index < -0.39 is 5.41 Å². The predicted octanol–water partition coefficient (Wildman–Crippen LogP) is 8.41. The number of nitrogens with zero attached hydrogens (tertiary/aromatic N) is 3. The molecule has 2 saturated heterocycles. The lowest BCUT2D eigenvalue weighted by Gasteiger charge is -2.43. The number of hydrogen-bond donors (Lipinski definition) is 2. The minimum atomic E-state index is -0.529. The maximum absolute atomic E-state index is 13.8. The minimum Gasteiger partial charge on any atom is -0.336 e. The minimum absolute atomic E-state index is 0.164. The Morgan fingerprint density at radius 3 is 2.07 bits per heavy atom. The van der Waals surface area contributed by atoms with Crippen LogP contribution in [0.4, 0.5) is 16.3 Å². The molecule has 0 radical (unpaired) electrons. The molecular weight excluding hydrogens is 570 g/mol. The van der Waals surface area contributed by atoms with Gasteiger partial charge in [0.2, 0.25) is 5.91 Å². The molecule has 0 aliphatic carbocycles. The number of aromatic nitrogens is 2. The SMILES string of the molecule is Cc1ccc(-n2nc(C(C)(C)C)cc2NC(=O)Nc2ccc(CC3CC4CCC(C3)N4C(=O)C(C)(C)c3ccccc3)cc2)cc1. The molecule has 0 spiro atoms. The first-order chi connectivity index (χ1) is 21.9. The smallest absolute Gasteiger partial charge is 0.324 e. The van der Waals surface area contributed by atoms with Gasteiger partial charge in [0.15, 0.2) is 0 Å². The topological polar surface area (TPSA) is 79.3 Å². The number of urea groups is 1. The Morgan fingerprint density at radius 2 is 1.46 bits per heavy atom. The lowest BCUT2D eigenvalue weighted by molar-refractivity contribution is -0.141. The third-order valence-corrected chi connectivity index (χ3v) is 9.83. The number of carbonyl (C=O) groups is 2. The molecule has 3 aromatic carbocycles. The van der Waals surface area contributed by atoms with E-state index in [-0.39, 0.29) is 17.4 Å². The highest BCUT2D eigenvalue weighted by atomic mass is 16.2. The van der Waals surface area contributed by atoms with Crippen molar-refractivity contribution in [2.45, 2.75) is 96.6 Å². The Hall–Kier alpha value is -4.39. The molecule has 3 heterocycles. The van der Waals surface area contributed by atoms with Crippen LogP contribution in [0.3, 0.4) is 0 Å². The van der Waals surface area contributed by atoms with Crippen molar-refractivity contribution in [3.8, 4) is 5.69 Å². The van der Waals surface area contributed by atoms with E-state index in [1.54, 1.807) is 4.68 Å². The fraction of sp³-hybridized carbons (Fsp3) is 0.410. The number of fused-ring (bicyclic) bond motifs is 2. The van der Waals surface area contributed by atoms with Crippen LogP contribution < -0.4 is 10.6 Å². The van der Waals surface area contributed by atoms with E-state index in [9.17, 15) is 9.59 Å². The van der Waals surface area contributed by atoms with Crippen LogP contribution in [-0.2, 0) is 22.0 Å². The van der Waals surface area contributed by atoms with Crippen molar-refractivity contribution in [2.24, 2.45) is 5.92 Å². The van der Waals surface area contributed by atoms with Gasteiger partial charge in [0.25, 0.3) is 0 Å². The molecule has 2 fully saturated rings. The van der Waals surface area contributed by atoms with Gasteiger partial charge in [0, 0.05) is 29.3 Å². The van der Waals surface area contributed by atoms with Gasteiger partial charge in [0.05, 0.1) is 16.8 Å². The summed E-state index contributed by atoms with van der Waals surface area (Å²) in [6, 6.07) is 28.7. The molecular formula is C39H47N5O2. The van der Waals surface area contributed by atoms with Crippen LogP contribution in [0.1, 0.15) is 82.7 Å². The Morgan fingerprint density at radius 1 is 0.826 bits per heavy atom. The van der Waals surface area contributed by atoms with E-state index in [0.717, 1.165) is 54.7 Å². The number of aryl methyl sites for hydroxylation is 1. The molecule has 2 unspecified atom stereocenters. The number of amides is 3. The average molecular weight is 618 g/mol. The summed E-state index contributed by atoms with van der Waals surface area (Å²) in [4.78, 5) is 29.2. The summed E-state index contributed by atoms with van der Waals surface area (Å²) in [6.45, 7) is 12.5. The number of nitrogens with one attached hydrogen (secondary N) is 2. The van der Waals surface area contributed by atoms with Gasteiger partial charge in [-0.15, -0.1) is 0 Å². The van der Waals surface area contributed by atoms with Crippen molar-refractivity contribution >= 4 is 23.4 Å². The predicted molar refractivity (Wildman–Crippen MR) is 186 cm³/mol. The van der Waals surface area contributed by atoms with Crippen LogP contribution in [0.25, 0.3) is 5.69 Å². The highest BCUT2D eigenvalue weighted by molar-refractivity contribution is 5.99. The molecule has 46 heavy (non-hydrogen) atoms. The monoisotopic (exact) mass is 617 g/mol. The van der Waals surface area contributed by atoms with E-state index in [1.165, 1.54) is 11.1 Å². The van der Waals surface area contributed by atoms with Gasteiger partial charge in [-0.25, -0.2) is 9.48 Å². The van der Waals surface area contributed by atoms with Crippen LogP contribution in [0, 0.1) is 12.8 Å². The maximum atomic E-state index is 13.8. The first-order valence-corrected chi connectivity index (χ1v) is 16.6. The first-order valence-electron chi connectivity index (χ1n) is 16.6. The summed E-state index contributed by atoms with van der Waals surface area (Å²) in [5.74, 6) is 1.42. The molecule has 3 amide bonds. The van der Waals surface area contributed by atoms with E-state index >= 15 is 0 Å². The third kappa shape index (κ3) is 6.60. The first kappa shape index (κ1) is 31.6. The Bertz CT molecular complexity index is 1670. The largest absolute Gasteiger partial charge is 0.336 e. The zero-order chi connectivity index (χ0) is 32.6. The molecule has 2 bridgehead atoms. The molecule has 6 rings (SSSR count). The third-order valence-electron chi connectivity index (χ3n) is 9.83. The van der Waals surface area contributed by atoms with Crippen molar-refractivity contribution < 1.29 is 9.59 Å². The van der Waals surface area contributed by atoms with Crippen LogP contribution in [0.2, 0.25) is 0 Å². The lowest BCUT2D eigenvalue weighted by Crippen LogP contribution is -2.52. The summed E-state index contributed by atoms with van der Waals surface area (Å²) in [6.07, 6.45) is 5.25. The van der Waals surface area contributed by atoms with Gasteiger partial charge < -0.3 is 10.2 Å². The number of benzene rings is 3. The Labute approximate surface area is 273 Å². The fourth-order valence-corrected chi connectivity index (χ4v) is 7.14. The molecule has 7 heteroatoms. The van der Waals surface area contributed by atoms with Gasteiger partial charge in [0.1, 0.15) is 5.82 Å². The van der Waals surface area contributed by atoms with Crippen molar-refractivity contribution in [1.82, 2.24) is 14.7 Å². The van der Waals surface area contributed by atoms with E-state index in [4.69, 9.17) is 5.10 Å². The normalized spacial score (nSPS) is 19.6. The molecule has 7 nitrogen and oxygen atoms in total. The van der Waals surface area contributed by atoms with Gasteiger partial charge in [-0.2, -0.15) is 5.10 Å². The molecule has 2 N–H and O–H groups in total. The van der Waals surface area contributed by atoms with E-state index in [1.807, 2.05) is 60.7 Å². The molecule has 2 aliphatic rings. The van der Waals surface area contributed by atoms with Gasteiger partial charge in [-0.1, -0.05) is 80.9 Å². The zero-order valence-electron chi connectivity index (χ0n) is 28.0. The lowest BCUT2D eigenvalue weighted by atomic mass is 9.80. The molecule has 1 aromatic heterocycles. The van der Waals surface area contributed by atoms with E-state index in [0.29, 0.717) is 23.8 Å². The number of hydrogen-bond acceptors (Lipinski definition) is 3. The highest BCUT2D eigenvalue weighted by Crippen LogP contribution is 2.42. The van der Waals surface area contributed by atoms with Crippen molar-refractivity contribution in [1.29, 1.82) is 0 Å². The van der Waals surface area contributed by atoms with Crippen molar-refractivity contribution in [3.05, 3.63) is 107 Å². The summed E-state index contributed by atoms with van der Waals surface area (Å²) < 4.78 is 1.79. The second-order valence-electron chi connectivity index (χ2n) is 14.8. The number of rotatable bonds is 7. The quantitative estimate of drug-likeness (QED) is 0.219. The van der Waals surface area contributed by atoms with Crippen LogP contribution in [0.15, 0.2) is 84.9 Å². The molecule has 2 atom stereocenters. The summed E-state index contributed by atoms with van der Waals surface area (Å²) >= 11 is 0. The number of carbonyl (C=O) groups excluding carboxylic acids is 2. The number of anilines is 2. The van der Waals surface area contributed by atoms with Gasteiger partial charge in [-0.3, -0.25) is 10.1 Å². The van der Waals surface area contributed by atoms with Crippen molar-refractivity contribution in [3.63, 3.8) is 0 Å². The zero-order valence-corrected chi connectivity index (χ0v) is 28.0. The van der Waals surface area contributed by atoms with Crippen molar-refractivity contribution in [2.75, 3.05) is 10.6 Å². The maximum Gasteiger partial charge on any atom is 0.324 e. The van der Waals surface area contributed by atoms with E-state index in [2.05, 4.69) is 81.3 Å². The van der Waals surface area contributed by atoms with Crippen LogP contribution in [0.5, 0.6) is 0 Å². The summed E-state index contributed by atoms with van der Waals surface area (Å²) in [5, 5.41) is 10.8. The molecule has 4 aromatic rings. The van der Waals surface area contributed by atoms with Gasteiger partial charge >= 0.3 is 6.03 Å². The summed E-state index contributed by atoms with van der Waals surface area (Å²) in [7, 11) is 0. The average Bonchev–Trinajstić information content (AvgIpc) is 3.56.